The highest BCUT2D eigenvalue weighted by Gasteiger charge is 2.44. The van der Waals surface area contributed by atoms with Crippen molar-refractivity contribution in [1.29, 1.82) is 0 Å². The van der Waals surface area contributed by atoms with Gasteiger partial charge in [0.15, 0.2) is 6.29 Å². The van der Waals surface area contributed by atoms with E-state index in [-0.39, 0.29) is 12.8 Å². The summed E-state index contributed by atoms with van der Waals surface area (Å²) in [6.45, 7) is 3.52. The van der Waals surface area contributed by atoms with Crippen LogP contribution in [-0.2, 0) is 14.3 Å². The van der Waals surface area contributed by atoms with E-state index in [1.54, 1.807) is 0 Å². The van der Waals surface area contributed by atoms with Crippen LogP contribution in [0.4, 0.5) is 0 Å². The Morgan fingerprint density at radius 1 is 0.358 bits per heavy atom. The van der Waals surface area contributed by atoms with Crippen LogP contribution in [0.3, 0.4) is 0 Å². The number of aliphatic hydroxyl groups is 7. The van der Waals surface area contributed by atoms with Crippen molar-refractivity contribution in [2.24, 2.45) is 0 Å². The van der Waals surface area contributed by atoms with Gasteiger partial charge < -0.3 is 50.5 Å². The van der Waals surface area contributed by atoms with Gasteiger partial charge in [-0.1, -0.05) is 398 Å². The maximum absolute atomic E-state index is 13.3. The Morgan fingerprint density at radius 2 is 0.621 bits per heavy atom. The lowest BCUT2D eigenvalue weighted by molar-refractivity contribution is -0.303. The molecule has 1 rings (SSSR count). The number of allylic oxidation sites excluding steroid dienone is 4. The van der Waals surface area contributed by atoms with Crippen molar-refractivity contribution < 1.29 is 50.0 Å². The molecule has 8 N–H and O–H groups in total. The molecule has 0 aromatic rings. The van der Waals surface area contributed by atoms with E-state index in [1.807, 2.05) is 0 Å². The van der Waals surface area contributed by atoms with Crippen LogP contribution in [0, 0.1) is 0 Å². The van der Waals surface area contributed by atoms with Crippen molar-refractivity contribution in [2.45, 2.75) is 493 Å². The van der Waals surface area contributed by atoms with Crippen LogP contribution in [0.25, 0.3) is 0 Å². The summed E-state index contributed by atoms with van der Waals surface area (Å²) in [5.41, 5.74) is 0. The molecule has 9 atom stereocenters. The normalized spacial score (nSPS) is 18.2. The number of ether oxygens (including phenoxy) is 2. The van der Waals surface area contributed by atoms with Crippen molar-refractivity contribution in [3.05, 3.63) is 24.3 Å². The molecule has 0 aliphatic carbocycles. The molecule has 1 aliphatic heterocycles. The highest BCUT2D eigenvalue weighted by Crippen LogP contribution is 2.25. The van der Waals surface area contributed by atoms with Gasteiger partial charge in [-0.3, -0.25) is 4.79 Å². The Kier molecular flexibility index (Phi) is 69.8. The summed E-state index contributed by atoms with van der Waals surface area (Å²) in [7, 11) is 0. The summed E-state index contributed by atoms with van der Waals surface area (Å²) >= 11 is 0. The molecule has 9 unspecified atom stereocenters. The van der Waals surface area contributed by atoms with Gasteiger partial charge in [0.2, 0.25) is 5.91 Å². The molecule has 0 aromatic heterocycles. The molecule has 0 saturated carbocycles. The number of unbranched alkanes of at least 4 members (excludes halogenated alkanes) is 60. The molecule has 0 bridgehead atoms. The van der Waals surface area contributed by atoms with Crippen LogP contribution in [0.15, 0.2) is 24.3 Å². The zero-order valence-electron chi connectivity index (χ0n) is 62.9. The second-order valence-corrected chi connectivity index (χ2v) is 29.9. The first kappa shape index (κ1) is 91.6. The number of hydrogen-bond acceptors (Lipinski definition) is 10. The predicted molar refractivity (Wildman–Crippen MR) is 404 cm³/mol. The molecule has 1 aliphatic rings. The van der Waals surface area contributed by atoms with Crippen molar-refractivity contribution in [3.8, 4) is 0 Å². The van der Waals surface area contributed by atoms with E-state index >= 15 is 0 Å². The Morgan fingerprint density at radius 3 is 0.905 bits per heavy atom. The standard InChI is InChI=1S/C84H163NO10/c1-3-5-7-9-11-13-15-17-19-21-23-25-27-29-31-33-35-37-38-39-40-42-44-46-48-50-52-54-56-58-60-62-64-66-68-70-72-77(88)83(93)85-75(74-94-84-82(92)81(91)80(90)78(73-86)95-84)79(89)76(87)71-69-67-65-63-61-59-57-55-53-51-49-47-45-43-41-36-34-32-30-28-26-24-22-20-18-16-14-12-10-8-6-4-2/h37-38,63,65,75-82,84,86-92H,3-36,39-62,64,66-74H2,1-2H3,(H,85,93)/b38-37-,65-63+. The average Bonchev–Trinajstić information content (AvgIpc) is 0.832. The molecule has 11 nitrogen and oxygen atoms in total. The second-order valence-electron chi connectivity index (χ2n) is 29.9. The number of amides is 1. The Balaban J connectivity index is 2.11. The van der Waals surface area contributed by atoms with Gasteiger partial charge in [-0.25, -0.2) is 0 Å². The first-order valence-electron chi connectivity index (χ1n) is 42.2. The van der Waals surface area contributed by atoms with Gasteiger partial charge in [0.1, 0.15) is 36.6 Å². The number of nitrogens with one attached hydrogen (secondary N) is 1. The highest BCUT2D eigenvalue weighted by molar-refractivity contribution is 5.80. The van der Waals surface area contributed by atoms with E-state index in [0.29, 0.717) is 12.8 Å². The van der Waals surface area contributed by atoms with E-state index in [4.69, 9.17) is 9.47 Å². The third-order valence-electron chi connectivity index (χ3n) is 20.7. The smallest absolute Gasteiger partial charge is 0.249 e. The van der Waals surface area contributed by atoms with Crippen LogP contribution in [0.5, 0.6) is 0 Å². The number of carbonyl (C=O) groups is 1. The molecule has 1 heterocycles. The zero-order valence-corrected chi connectivity index (χ0v) is 62.9. The van der Waals surface area contributed by atoms with Crippen LogP contribution in [0.1, 0.15) is 438 Å². The maximum atomic E-state index is 13.3. The minimum Gasteiger partial charge on any atom is -0.394 e. The molecule has 0 spiro atoms. The fourth-order valence-electron chi connectivity index (χ4n) is 14.0. The van der Waals surface area contributed by atoms with Crippen LogP contribution >= 0.6 is 0 Å². The largest absolute Gasteiger partial charge is 0.394 e. The van der Waals surface area contributed by atoms with Gasteiger partial charge in [0.25, 0.3) is 0 Å². The van der Waals surface area contributed by atoms with Crippen molar-refractivity contribution >= 4 is 5.91 Å². The summed E-state index contributed by atoms with van der Waals surface area (Å²) in [6, 6.07) is -1.19. The van der Waals surface area contributed by atoms with E-state index < -0.39 is 74.2 Å². The van der Waals surface area contributed by atoms with Crippen LogP contribution in [0.2, 0.25) is 0 Å². The topological polar surface area (TPSA) is 189 Å². The zero-order chi connectivity index (χ0) is 68.8. The summed E-state index contributed by atoms with van der Waals surface area (Å²) in [5.74, 6) is -0.697. The van der Waals surface area contributed by atoms with Crippen molar-refractivity contribution in [2.75, 3.05) is 13.2 Å². The van der Waals surface area contributed by atoms with Gasteiger partial charge >= 0.3 is 0 Å². The SMILES string of the molecule is CCCCCCCCCCCCCCCCCC/C=C\CCCCCCCCCCCCCCCCCCC(O)C(=O)NC(COC1OC(CO)C(O)C(O)C1O)C(O)C(O)CCC/C=C/CCCCCCCCCCCCCCCCCCCCCCCCCCCCC. The Bertz CT molecular complexity index is 1600. The van der Waals surface area contributed by atoms with Gasteiger partial charge in [-0.2, -0.15) is 0 Å². The van der Waals surface area contributed by atoms with E-state index in [0.717, 1.165) is 38.5 Å². The fourth-order valence-corrected chi connectivity index (χ4v) is 14.0. The van der Waals surface area contributed by atoms with Crippen LogP contribution < -0.4 is 5.32 Å². The van der Waals surface area contributed by atoms with Crippen molar-refractivity contribution in [1.82, 2.24) is 5.32 Å². The third-order valence-corrected chi connectivity index (χ3v) is 20.7. The average molecular weight is 1350 g/mol. The summed E-state index contributed by atoms with van der Waals surface area (Å²) < 4.78 is 11.2. The Labute approximate surface area is 588 Å². The third kappa shape index (κ3) is 58.9. The lowest BCUT2D eigenvalue weighted by Crippen LogP contribution is -2.60. The maximum Gasteiger partial charge on any atom is 0.249 e. The molecular formula is C84H163NO10. The lowest BCUT2D eigenvalue weighted by atomic mass is 9.98. The number of aliphatic hydroxyl groups excluding tert-OH is 7. The predicted octanol–water partition coefficient (Wildman–Crippen LogP) is 22.3. The molecule has 1 saturated heterocycles. The molecule has 1 amide bonds. The second kappa shape index (κ2) is 72.4. The minimum atomic E-state index is -1.67. The Hall–Kier alpha value is -1.41. The molecule has 95 heavy (non-hydrogen) atoms. The fraction of sp³-hybridized carbons (Fsp3) is 0.940. The lowest BCUT2D eigenvalue weighted by Gasteiger charge is -2.40. The van der Waals surface area contributed by atoms with E-state index in [9.17, 15) is 40.5 Å². The number of hydrogen-bond donors (Lipinski definition) is 8. The number of carbonyl (C=O) groups excluding carboxylic acids is 1. The number of rotatable bonds is 76. The summed E-state index contributed by atoms with van der Waals surface area (Å²) in [6.07, 6.45) is 83.2. The molecule has 0 radical (unpaired) electrons. The van der Waals surface area contributed by atoms with Gasteiger partial charge in [0.05, 0.1) is 25.4 Å². The first-order chi connectivity index (χ1) is 46.7. The van der Waals surface area contributed by atoms with E-state index in [1.165, 1.54) is 360 Å². The molecular weight excluding hydrogens is 1180 g/mol. The van der Waals surface area contributed by atoms with Gasteiger partial charge in [0, 0.05) is 0 Å². The van der Waals surface area contributed by atoms with Crippen LogP contribution in [-0.4, -0.2) is 110 Å². The van der Waals surface area contributed by atoms with Gasteiger partial charge in [-0.15, -0.1) is 0 Å². The quantitative estimate of drug-likeness (QED) is 0.0215. The molecule has 1 fully saturated rings. The van der Waals surface area contributed by atoms with Crippen molar-refractivity contribution in [3.63, 3.8) is 0 Å². The first-order valence-corrected chi connectivity index (χ1v) is 42.2. The minimum absolute atomic E-state index is 0.258. The summed E-state index contributed by atoms with van der Waals surface area (Å²) in [4.78, 5) is 13.3. The van der Waals surface area contributed by atoms with Gasteiger partial charge in [-0.05, 0) is 64.2 Å². The molecule has 11 heteroatoms. The molecule has 0 aromatic carbocycles. The highest BCUT2D eigenvalue weighted by atomic mass is 16.7. The van der Waals surface area contributed by atoms with E-state index in [2.05, 4.69) is 43.5 Å². The summed E-state index contributed by atoms with van der Waals surface area (Å²) in [5, 5.41) is 76.8. The monoisotopic (exact) mass is 1350 g/mol. The molecule has 564 valence electrons.